The summed E-state index contributed by atoms with van der Waals surface area (Å²) in [5.74, 6) is 0.735. The average molecular weight is 559 g/mol. The highest BCUT2D eigenvalue weighted by Gasteiger charge is 2.27. The third-order valence-electron chi connectivity index (χ3n) is 6.19. The van der Waals surface area contributed by atoms with Crippen molar-refractivity contribution in [3.63, 3.8) is 0 Å². The second-order valence-corrected chi connectivity index (χ2v) is 8.79. The van der Waals surface area contributed by atoms with Gasteiger partial charge in [-0.1, -0.05) is 31.4 Å². The molecule has 3 aromatic rings. The average Bonchev–Trinajstić information content (AvgIpc) is 3.46. The molecule has 41 heavy (non-hydrogen) atoms. The Morgan fingerprint density at radius 2 is 1.51 bits per heavy atom. The van der Waals surface area contributed by atoms with Gasteiger partial charge in [0.15, 0.2) is 28.8 Å². The van der Waals surface area contributed by atoms with Crippen LogP contribution in [0.5, 0.6) is 34.5 Å². The van der Waals surface area contributed by atoms with E-state index in [0.717, 1.165) is 0 Å². The van der Waals surface area contributed by atoms with E-state index < -0.39 is 11.8 Å². The van der Waals surface area contributed by atoms with Gasteiger partial charge < -0.3 is 33.5 Å². The fourth-order valence-corrected chi connectivity index (χ4v) is 4.31. The number of carbonyl (C=O) groups excluding carboxylic acids is 1. The first-order valence-electron chi connectivity index (χ1n) is 12.6. The highest BCUT2D eigenvalue weighted by Crippen LogP contribution is 2.41. The molecule has 9 nitrogen and oxygen atoms in total. The monoisotopic (exact) mass is 558 g/mol. The molecule has 0 saturated carbocycles. The van der Waals surface area contributed by atoms with Gasteiger partial charge in [-0.3, -0.25) is 4.79 Å². The lowest BCUT2D eigenvalue weighted by Gasteiger charge is -2.18. The molecule has 0 spiro atoms. The Labute approximate surface area is 237 Å². The molecule has 0 radical (unpaired) electrons. The molecule has 0 aliphatic carbocycles. The number of hydrogen-bond acceptors (Lipinski definition) is 8. The number of carboxylic acid groups (broad SMARTS) is 1. The van der Waals surface area contributed by atoms with E-state index in [2.05, 4.69) is 13.2 Å². The normalized spacial score (nSPS) is 12.1. The molecule has 3 aromatic carbocycles. The lowest BCUT2D eigenvalue weighted by atomic mass is 9.89. The van der Waals surface area contributed by atoms with Crippen molar-refractivity contribution in [2.45, 2.75) is 6.42 Å². The number of ether oxygens (including phenoxy) is 6. The Hall–Kier alpha value is -5.18. The number of carbonyl (C=O) groups is 2. The first kappa shape index (κ1) is 28.8. The largest absolute Gasteiger partial charge is 0.497 e. The van der Waals surface area contributed by atoms with E-state index in [9.17, 15) is 14.7 Å². The van der Waals surface area contributed by atoms with Crippen molar-refractivity contribution < 1.29 is 43.1 Å². The summed E-state index contributed by atoms with van der Waals surface area (Å²) in [4.78, 5) is 26.8. The van der Waals surface area contributed by atoms with Gasteiger partial charge in [0, 0.05) is 17.6 Å². The van der Waals surface area contributed by atoms with Gasteiger partial charge in [0.1, 0.15) is 19.0 Å². The van der Waals surface area contributed by atoms with Gasteiger partial charge in [-0.15, -0.1) is 0 Å². The van der Waals surface area contributed by atoms with Crippen molar-refractivity contribution in [2.75, 3.05) is 34.2 Å². The number of ketones is 1. The van der Waals surface area contributed by atoms with Crippen molar-refractivity contribution in [2.24, 2.45) is 0 Å². The van der Waals surface area contributed by atoms with E-state index in [0.29, 0.717) is 51.2 Å². The third kappa shape index (κ3) is 6.52. The van der Waals surface area contributed by atoms with Crippen molar-refractivity contribution in [3.8, 4) is 34.5 Å². The number of benzene rings is 3. The van der Waals surface area contributed by atoms with Crippen LogP contribution in [0.3, 0.4) is 0 Å². The molecule has 1 aliphatic rings. The highest BCUT2D eigenvalue weighted by molar-refractivity contribution is 6.26. The van der Waals surface area contributed by atoms with Gasteiger partial charge in [-0.2, -0.15) is 0 Å². The number of carboxylic acids is 1. The fraction of sp³-hybridized carbons (Fsp3) is 0.188. The zero-order chi connectivity index (χ0) is 29.4. The molecule has 212 valence electrons. The van der Waals surface area contributed by atoms with Crippen LogP contribution in [0.4, 0.5) is 0 Å². The highest BCUT2D eigenvalue weighted by atomic mass is 16.7. The third-order valence-corrected chi connectivity index (χ3v) is 6.19. The quantitative estimate of drug-likeness (QED) is 0.155. The predicted octanol–water partition coefficient (Wildman–Crippen LogP) is 5.53. The number of allylic oxidation sites excluding steroid dienone is 1. The molecule has 9 heteroatoms. The number of fused-ring (bicyclic) bond motifs is 1. The maximum absolute atomic E-state index is 14.0. The van der Waals surface area contributed by atoms with Crippen molar-refractivity contribution in [3.05, 3.63) is 102 Å². The minimum absolute atomic E-state index is 0.0239. The summed E-state index contributed by atoms with van der Waals surface area (Å²) in [6.07, 6.45) is 3.10. The van der Waals surface area contributed by atoms with Crippen LogP contribution in [-0.2, 0) is 11.2 Å². The summed E-state index contributed by atoms with van der Waals surface area (Å²) >= 11 is 0. The summed E-state index contributed by atoms with van der Waals surface area (Å²) < 4.78 is 33.3. The Morgan fingerprint density at radius 1 is 0.854 bits per heavy atom. The van der Waals surface area contributed by atoms with Crippen LogP contribution in [0.15, 0.2) is 85.5 Å². The summed E-state index contributed by atoms with van der Waals surface area (Å²) in [5, 5.41) is 10.4. The van der Waals surface area contributed by atoms with Crippen LogP contribution < -0.4 is 28.4 Å². The first-order valence-corrected chi connectivity index (χ1v) is 12.6. The van der Waals surface area contributed by atoms with Gasteiger partial charge in [0.2, 0.25) is 12.5 Å². The molecule has 0 atom stereocenters. The Kier molecular flexibility index (Phi) is 9.32. The summed E-state index contributed by atoms with van der Waals surface area (Å²) in [6, 6.07) is 14.6. The second-order valence-electron chi connectivity index (χ2n) is 8.79. The lowest BCUT2D eigenvalue weighted by molar-refractivity contribution is -0.130. The molecule has 0 amide bonds. The van der Waals surface area contributed by atoms with Gasteiger partial charge in [-0.05, 0) is 59.7 Å². The molecule has 0 fully saturated rings. The van der Waals surface area contributed by atoms with Gasteiger partial charge >= 0.3 is 5.97 Å². The van der Waals surface area contributed by atoms with Crippen LogP contribution in [0.1, 0.15) is 21.5 Å². The SMILES string of the molecule is C=CCOc1cc(CC(C(=O)c2ccc(OC)cc2)=C(C(=O)O)c2ccc3c(c2)OCO3)cc(OC)c1OCC=C. The van der Waals surface area contributed by atoms with Crippen LogP contribution in [0.25, 0.3) is 5.57 Å². The maximum atomic E-state index is 14.0. The smallest absolute Gasteiger partial charge is 0.336 e. The van der Waals surface area contributed by atoms with Crippen molar-refractivity contribution >= 4 is 17.3 Å². The van der Waals surface area contributed by atoms with E-state index in [1.807, 2.05) is 0 Å². The predicted molar refractivity (Wildman–Crippen MR) is 153 cm³/mol. The Morgan fingerprint density at radius 3 is 2.17 bits per heavy atom. The van der Waals surface area contributed by atoms with Crippen LogP contribution in [0, 0.1) is 0 Å². The lowest BCUT2D eigenvalue weighted by Crippen LogP contribution is -2.14. The van der Waals surface area contributed by atoms with Crippen LogP contribution in [0.2, 0.25) is 0 Å². The topological polar surface area (TPSA) is 110 Å². The van der Waals surface area contributed by atoms with Crippen molar-refractivity contribution in [1.29, 1.82) is 0 Å². The number of rotatable bonds is 14. The standard InChI is InChI=1S/C32H30O9/c1-5-13-38-28-17-20(16-27(37-4)31(28)39-14-6-2)15-24(30(33)21-7-10-23(36-3)11-8-21)29(32(34)35)22-9-12-25-26(18-22)41-19-40-25/h5-12,16-18H,1-2,13-15,19H2,3-4H3,(H,34,35). The number of hydrogen-bond donors (Lipinski definition) is 1. The molecular weight excluding hydrogens is 528 g/mol. The minimum Gasteiger partial charge on any atom is -0.497 e. The van der Waals surface area contributed by atoms with E-state index in [-0.39, 0.29) is 37.6 Å². The summed E-state index contributed by atoms with van der Waals surface area (Å²) in [7, 11) is 3.00. The van der Waals surface area contributed by atoms with Crippen LogP contribution in [-0.4, -0.2) is 51.1 Å². The van der Waals surface area contributed by atoms with E-state index in [1.54, 1.807) is 66.7 Å². The molecule has 1 heterocycles. The van der Waals surface area contributed by atoms with E-state index >= 15 is 0 Å². The van der Waals surface area contributed by atoms with E-state index in [1.165, 1.54) is 14.2 Å². The Balaban J connectivity index is 1.89. The molecule has 0 bridgehead atoms. The maximum Gasteiger partial charge on any atom is 0.336 e. The summed E-state index contributed by atoms with van der Waals surface area (Å²) in [5.41, 5.74) is 1.01. The summed E-state index contributed by atoms with van der Waals surface area (Å²) in [6.45, 7) is 7.78. The van der Waals surface area contributed by atoms with Gasteiger partial charge in [-0.25, -0.2) is 4.79 Å². The molecular formula is C32H30O9. The first-order chi connectivity index (χ1) is 19.9. The number of methoxy groups -OCH3 is 2. The van der Waals surface area contributed by atoms with Crippen LogP contribution >= 0.6 is 0 Å². The Bertz CT molecular complexity index is 1490. The molecule has 1 N–H and O–H groups in total. The number of aliphatic carboxylic acids is 1. The molecule has 1 aliphatic heterocycles. The van der Waals surface area contributed by atoms with E-state index in [4.69, 9.17) is 28.4 Å². The minimum atomic E-state index is -1.28. The molecule has 0 aromatic heterocycles. The fourth-order valence-electron chi connectivity index (χ4n) is 4.31. The second kappa shape index (κ2) is 13.3. The van der Waals surface area contributed by atoms with Crippen molar-refractivity contribution in [1.82, 2.24) is 0 Å². The molecule has 4 rings (SSSR count). The molecule has 0 saturated heterocycles. The molecule has 0 unspecified atom stereocenters. The zero-order valence-corrected chi connectivity index (χ0v) is 22.8. The number of Topliss-reactive ketones (excluding diaryl/α,β-unsaturated/α-hetero) is 1. The van der Waals surface area contributed by atoms with Gasteiger partial charge in [0.25, 0.3) is 0 Å². The van der Waals surface area contributed by atoms with Gasteiger partial charge in [0.05, 0.1) is 19.8 Å². The zero-order valence-electron chi connectivity index (χ0n) is 22.8.